The highest BCUT2D eigenvalue weighted by Gasteiger charge is 2.19. The standard InChI is InChI=1S/C20H20ClN5O3S/c1-12(19(28)23-14-9-7-13(8-10-14)18(22)27)30-20-25-24-17(26(20)2)11-29-16-6-4-3-5-15(16)21/h3-10,12H,11H2,1-2H3,(H2,22,27)(H,23,28)/t12-/m1/s1. The van der Waals surface area contributed by atoms with Crippen molar-refractivity contribution in [1.82, 2.24) is 14.8 Å². The number of anilines is 1. The molecule has 0 spiro atoms. The van der Waals surface area contributed by atoms with Gasteiger partial charge in [-0.1, -0.05) is 35.5 Å². The first-order valence-corrected chi connectivity index (χ1v) is 10.2. The molecule has 1 atom stereocenters. The lowest BCUT2D eigenvalue weighted by atomic mass is 10.2. The molecule has 0 bridgehead atoms. The summed E-state index contributed by atoms with van der Waals surface area (Å²) < 4.78 is 7.47. The number of ether oxygens (including phenoxy) is 1. The van der Waals surface area contributed by atoms with Crippen LogP contribution in [0.2, 0.25) is 5.02 Å². The third-order valence-corrected chi connectivity index (χ3v) is 5.65. The largest absolute Gasteiger partial charge is 0.484 e. The number of amides is 2. The Balaban J connectivity index is 1.58. The van der Waals surface area contributed by atoms with E-state index in [1.54, 1.807) is 54.9 Å². The lowest BCUT2D eigenvalue weighted by Gasteiger charge is -2.12. The van der Waals surface area contributed by atoms with Gasteiger partial charge in [0.2, 0.25) is 11.8 Å². The van der Waals surface area contributed by atoms with Crippen LogP contribution in [-0.2, 0) is 18.4 Å². The molecule has 2 amide bonds. The van der Waals surface area contributed by atoms with E-state index in [0.717, 1.165) is 0 Å². The Labute approximate surface area is 182 Å². The van der Waals surface area contributed by atoms with Crippen LogP contribution in [0.5, 0.6) is 5.75 Å². The zero-order valence-electron chi connectivity index (χ0n) is 16.3. The summed E-state index contributed by atoms with van der Waals surface area (Å²) in [6.45, 7) is 1.97. The van der Waals surface area contributed by atoms with Gasteiger partial charge in [0.1, 0.15) is 12.4 Å². The van der Waals surface area contributed by atoms with Crippen molar-refractivity contribution in [2.24, 2.45) is 12.8 Å². The molecule has 0 aliphatic heterocycles. The number of carbonyl (C=O) groups excluding carboxylic acids is 2. The second-order valence-corrected chi connectivity index (χ2v) is 8.08. The number of primary amides is 1. The molecule has 10 heteroatoms. The van der Waals surface area contributed by atoms with Crippen molar-refractivity contribution in [3.8, 4) is 5.75 Å². The Morgan fingerprint density at radius 2 is 1.90 bits per heavy atom. The number of hydrogen-bond acceptors (Lipinski definition) is 6. The van der Waals surface area contributed by atoms with Crippen LogP contribution in [0.3, 0.4) is 0 Å². The third kappa shape index (κ3) is 5.31. The van der Waals surface area contributed by atoms with Gasteiger partial charge in [-0.25, -0.2) is 0 Å². The molecule has 0 radical (unpaired) electrons. The zero-order chi connectivity index (χ0) is 21.7. The first-order chi connectivity index (χ1) is 14.3. The van der Waals surface area contributed by atoms with Crippen LogP contribution < -0.4 is 15.8 Å². The summed E-state index contributed by atoms with van der Waals surface area (Å²) in [5.41, 5.74) is 6.17. The number of hydrogen-bond donors (Lipinski definition) is 2. The van der Waals surface area contributed by atoms with Crippen LogP contribution in [0, 0.1) is 0 Å². The van der Waals surface area contributed by atoms with Crippen LogP contribution in [0.15, 0.2) is 53.7 Å². The van der Waals surface area contributed by atoms with Gasteiger partial charge in [-0.3, -0.25) is 9.59 Å². The summed E-state index contributed by atoms with van der Waals surface area (Å²) >= 11 is 7.36. The smallest absolute Gasteiger partial charge is 0.248 e. The van der Waals surface area contributed by atoms with Gasteiger partial charge in [-0.15, -0.1) is 10.2 Å². The van der Waals surface area contributed by atoms with Gasteiger partial charge in [0.05, 0.1) is 10.3 Å². The molecule has 2 aromatic carbocycles. The Hall–Kier alpha value is -3.04. The minimum atomic E-state index is -0.520. The minimum Gasteiger partial charge on any atom is -0.484 e. The molecule has 1 heterocycles. The summed E-state index contributed by atoms with van der Waals surface area (Å²) in [5.74, 6) is 0.440. The molecule has 3 aromatic rings. The minimum absolute atomic E-state index is 0.195. The van der Waals surface area contributed by atoms with Gasteiger partial charge in [0.15, 0.2) is 11.0 Å². The third-order valence-electron chi connectivity index (χ3n) is 4.21. The van der Waals surface area contributed by atoms with E-state index >= 15 is 0 Å². The molecular weight excluding hydrogens is 426 g/mol. The van der Waals surface area contributed by atoms with E-state index in [9.17, 15) is 9.59 Å². The lowest BCUT2D eigenvalue weighted by molar-refractivity contribution is -0.115. The summed E-state index contributed by atoms with van der Waals surface area (Å²) in [7, 11) is 1.81. The molecule has 0 saturated heterocycles. The number of nitrogens with two attached hydrogens (primary N) is 1. The molecule has 0 saturated carbocycles. The fraction of sp³-hybridized carbons (Fsp3) is 0.200. The molecule has 0 aliphatic carbocycles. The molecular formula is C20H20ClN5O3S. The average Bonchev–Trinajstić information content (AvgIpc) is 3.07. The second kappa shape index (κ2) is 9.64. The van der Waals surface area contributed by atoms with Gasteiger partial charge < -0.3 is 20.4 Å². The van der Waals surface area contributed by atoms with Crippen molar-refractivity contribution in [2.75, 3.05) is 5.32 Å². The van der Waals surface area contributed by atoms with E-state index in [-0.39, 0.29) is 12.5 Å². The Bertz CT molecular complexity index is 1050. The number of nitrogens with one attached hydrogen (secondary N) is 1. The number of carbonyl (C=O) groups is 2. The molecule has 0 fully saturated rings. The predicted molar refractivity (Wildman–Crippen MR) is 116 cm³/mol. The van der Waals surface area contributed by atoms with E-state index in [0.29, 0.717) is 33.0 Å². The van der Waals surface area contributed by atoms with Crippen LogP contribution in [-0.4, -0.2) is 31.8 Å². The maximum absolute atomic E-state index is 12.5. The zero-order valence-corrected chi connectivity index (χ0v) is 17.9. The highest BCUT2D eigenvalue weighted by molar-refractivity contribution is 8.00. The lowest BCUT2D eigenvalue weighted by Crippen LogP contribution is -2.23. The molecule has 0 unspecified atom stereocenters. The van der Waals surface area contributed by atoms with Crippen molar-refractivity contribution in [1.29, 1.82) is 0 Å². The molecule has 3 rings (SSSR count). The number of thioether (sulfide) groups is 1. The summed E-state index contributed by atoms with van der Waals surface area (Å²) in [5, 5.41) is 11.7. The fourth-order valence-electron chi connectivity index (χ4n) is 2.45. The highest BCUT2D eigenvalue weighted by atomic mass is 35.5. The van der Waals surface area contributed by atoms with Crippen molar-refractivity contribution >= 4 is 40.9 Å². The maximum atomic E-state index is 12.5. The quantitative estimate of drug-likeness (QED) is 0.514. The fourth-order valence-corrected chi connectivity index (χ4v) is 3.47. The highest BCUT2D eigenvalue weighted by Crippen LogP contribution is 2.26. The number of halogens is 1. The van der Waals surface area contributed by atoms with Crippen molar-refractivity contribution in [3.05, 3.63) is 64.9 Å². The molecule has 0 aliphatic rings. The number of para-hydroxylation sites is 1. The van der Waals surface area contributed by atoms with E-state index in [2.05, 4.69) is 15.5 Å². The predicted octanol–water partition coefficient (Wildman–Crippen LogP) is 3.27. The van der Waals surface area contributed by atoms with Crippen molar-refractivity contribution in [2.45, 2.75) is 23.9 Å². The SMILES string of the molecule is C[C@@H](Sc1nnc(COc2ccccc2Cl)n1C)C(=O)Nc1ccc(C(N)=O)cc1. The first-order valence-electron chi connectivity index (χ1n) is 8.98. The van der Waals surface area contributed by atoms with E-state index in [4.69, 9.17) is 22.1 Å². The normalized spacial score (nSPS) is 11.7. The topological polar surface area (TPSA) is 112 Å². The van der Waals surface area contributed by atoms with Crippen LogP contribution in [0.1, 0.15) is 23.1 Å². The number of nitrogens with zero attached hydrogens (tertiary/aromatic N) is 3. The summed E-state index contributed by atoms with van der Waals surface area (Å²) in [6, 6.07) is 13.6. The molecule has 3 N–H and O–H groups in total. The molecule has 156 valence electrons. The molecule has 1 aromatic heterocycles. The monoisotopic (exact) mass is 445 g/mol. The number of benzene rings is 2. The van der Waals surface area contributed by atoms with Gasteiger partial charge in [-0.05, 0) is 43.3 Å². The van der Waals surface area contributed by atoms with Crippen LogP contribution >= 0.6 is 23.4 Å². The second-order valence-electron chi connectivity index (χ2n) is 6.37. The van der Waals surface area contributed by atoms with Crippen LogP contribution in [0.25, 0.3) is 0 Å². The van der Waals surface area contributed by atoms with Crippen molar-refractivity contribution in [3.63, 3.8) is 0 Å². The Morgan fingerprint density at radius 1 is 1.20 bits per heavy atom. The van der Waals surface area contributed by atoms with Crippen LogP contribution in [0.4, 0.5) is 5.69 Å². The van der Waals surface area contributed by atoms with Gasteiger partial charge in [-0.2, -0.15) is 0 Å². The van der Waals surface area contributed by atoms with E-state index < -0.39 is 11.2 Å². The first kappa shape index (κ1) is 21.7. The summed E-state index contributed by atoms with van der Waals surface area (Å²) in [6.07, 6.45) is 0. The van der Waals surface area contributed by atoms with Gasteiger partial charge >= 0.3 is 0 Å². The van der Waals surface area contributed by atoms with E-state index in [1.807, 2.05) is 12.1 Å². The summed E-state index contributed by atoms with van der Waals surface area (Å²) in [4.78, 5) is 23.6. The average molecular weight is 446 g/mol. The van der Waals surface area contributed by atoms with E-state index in [1.165, 1.54) is 11.8 Å². The Kier molecular flexibility index (Phi) is 6.96. The van der Waals surface area contributed by atoms with Crippen molar-refractivity contribution < 1.29 is 14.3 Å². The maximum Gasteiger partial charge on any atom is 0.248 e. The number of rotatable bonds is 8. The molecule has 8 nitrogen and oxygen atoms in total. The molecule has 30 heavy (non-hydrogen) atoms. The van der Waals surface area contributed by atoms with Gasteiger partial charge in [0.25, 0.3) is 0 Å². The number of aromatic nitrogens is 3. The Morgan fingerprint density at radius 3 is 2.57 bits per heavy atom. The van der Waals surface area contributed by atoms with Gasteiger partial charge in [0, 0.05) is 18.3 Å².